The number of hydrogen-bond donors (Lipinski definition) is 1. The Bertz CT molecular complexity index is 659. The smallest absolute Gasteiger partial charge is 0.228 e. The van der Waals surface area contributed by atoms with Crippen LogP contribution in [0, 0.1) is 11.6 Å². The van der Waals surface area contributed by atoms with Crippen molar-refractivity contribution >= 4 is 22.4 Å². The third kappa shape index (κ3) is 3.55. The number of benzene rings is 1. The second-order valence-electron chi connectivity index (χ2n) is 4.70. The van der Waals surface area contributed by atoms with Crippen LogP contribution in [0.2, 0.25) is 0 Å². The Morgan fingerprint density at radius 3 is 2.81 bits per heavy atom. The predicted octanol–water partition coefficient (Wildman–Crippen LogP) is 2.77. The molecule has 0 aliphatic carbocycles. The molecule has 1 aromatic carbocycles. The van der Waals surface area contributed by atoms with Crippen LogP contribution in [-0.2, 0) is 11.2 Å². The minimum Gasteiger partial charge on any atom is -0.375 e. The number of carbonyl (C=O) groups is 1. The standard InChI is InChI=1S/C14H15F2N3OS/c1-8(11-5-9(15)3-4-12(11)16)19(2)13(20)6-10-7-21-14(17)18-10/h3-5,7-8H,6H2,1-2H3,(H2,17,18). The molecule has 0 aliphatic heterocycles. The number of carbonyl (C=O) groups excluding carboxylic acids is 1. The summed E-state index contributed by atoms with van der Waals surface area (Å²) in [6, 6.07) is 2.63. The zero-order chi connectivity index (χ0) is 15.6. The summed E-state index contributed by atoms with van der Waals surface area (Å²) in [7, 11) is 1.55. The van der Waals surface area contributed by atoms with Gasteiger partial charge in [0.05, 0.1) is 18.2 Å². The van der Waals surface area contributed by atoms with Crippen molar-refractivity contribution in [3.05, 3.63) is 46.5 Å². The van der Waals surface area contributed by atoms with E-state index in [4.69, 9.17) is 5.73 Å². The molecule has 2 N–H and O–H groups in total. The van der Waals surface area contributed by atoms with Gasteiger partial charge in [0.25, 0.3) is 0 Å². The van der Waals surface area contributed by atoms with Crippen LogP contribution in [0.5, 0.6) is 0 Å². The van der Waals surface area contributed by atoms with Gasteiger partial charge >= 0.3 is 0 Å². The van der Waals surface area contributed by atoms with E-state index in [1.165, 1.54) is 16.2 Å². The maximum Gasteiger partial charge on any atom is 0.228 e. The maximum absolute atomic E-state index is 13.7. The minimum absolute atomic E-state index is 0.0749. The average molecular weight is 311 g/mol. The van der Waals surface area contributed by atoms with Crippen LogP contribution >= 0.6 is 11.3 Å². The highest BCUT2D eigenvalue weighted by atomic mass is 32.1. The number of nitrogens with zero attached hydrogens (tertiary/aromatic N) is 2. The van der Waals surface area contributed by atoms with E-state index < -0.39 is 17.7 Å². The highest BCUT2D eigenvalue weighted by Gasteiger charge is 2.21. The molecule has 0 saturated carbocycles. The fourth-order valence-electron chi connectivity index (χ4n) is 1.94. The fourth-order valence-corrected chi connectivity index (χ4v) is 2.51. The summed E-state index contributed by atoms with van der Waals surface area (Å²) in [5, 5.41) is 2.10. The Labute approximate surface area is 125 Å². The molecule has 4 nitrogen and oxygen atoms in total. The van der Waals surface area contributed by atoms with E-state index in [9.17, 15) is 13.6 Å². The van der Waals surface area contributed by atoms with Gasteiger partial charge in [0.2, 0.25) is 5.91 Å². The third-order valence-electron chi connectivity index (χ3n) is 3.28. The molecule has 1 heterocycles. The second kappa shape index (κ2) is 6.17. The molecule has 0 radical (unpaired) electrons. The van der Waals surface area contributed by atoms with Gasteiger partial charge in [-0.15, -0.1) is 11.3 Å². The molecule has 0 aliphatic rings. The Balaban J connectivity index is 2.12. The molecule has 0 fully saturated rings. The van der Waals surface area contributed by atoms with Crippen molar-refractivity contribution < 1.29 is 13.6 Å². The number of likely N-dealkylation sites (N-methyl/N-ethyl adjacent to an activating group) is 1. The number of nitrogen functional groups attached to an aromatic ring is 1. The number of anilines is 1. The molecular weight excluding hydrogens is 296 g/mol. The summed E-state index contributed by atoms with van der Waals surface area (Å²) in [4.78, 5) is 17.5. The van der Waals surface area contributed by atoms with Crippen molar-refractivity contribution in [1.29, 1.82) is 0 Å². The van der Waals surface area contributed by atoms with Crippen molar-refractivity contribution in [3.8, 4) is 0 Å². The van der Waals surface area contributed by atoms with E-state index in [2.05, 4.69) is 4.98 Å². The van der Waals surface area contributed by atoms with Crippen LogP contribution in [0.3, 0.4) is 0 Å². The summed E-state index contributed by atoms with van der Waals surface area (Å²) in [5.41, 5.74) is 6.22. The van der Waals surface area contributed by atoms with E-state index in [-0.39, 0.29) is 17.9 Å². The largest absolute Gasteiger partial charge is 0.375 e. The quantitative estimate of drug-likeness (QED) is 0.944. The number of rotatable bonds is 4. The average Bonchev–Trinajstić information content (AvgIpc) is 2.85. The highest BCUT2D eigenvalue weighted by Crippen LogP contribution is 2.23. The first-order chi connectivity index (χ1) is 9.88. The number of thiazole rings is 1. The normalized spacial score (nSPS) is 12.2. The Kier molecular flexibility index (Phi) is 4.52. The van der Waals surface area contributed by atoms with Gasteiger partial charge in [0, 0.05) is 18.0 Å². The van der Waals surface area contributed by atoms with Crippen molar-refractivity contribution in [1.82, 2.24) is 9.88 Å². The Hall–Kier alpha value is -2.02. The number of hydrogen-bond acceptors (Lipinski definition) is 4. The number of amides is 1. The predicted molar refractivity (Wildman–Crippen MR) is 77.8 cm³/mol. The van der Waals surface area contributed by atoms with Crippen molar-refractivity contribution in [2.75, 3.05) is 12.8 Å². The molecule has 1 aromatic heterocycles. The van der Waals surface area contributed by atoms with Crippen LogP contribution < -0.4 is 5.73 Å². The molecule has 2 aromatic rings. The highest BCUT2D eigenvalue weighted by molar-refractivity contribution is 7.13. The summed E-state index contributed by atoms with van der Waals surface area (Å²) < 4.78 is 27.0. The molecule has 0 saturated heterocycles. The van der Waals surface area contributed by atoms with E-state index >= 15 is 0 Å². The van der Waals surface area contributed by atoms with Crippen molar-refractivity contribution in [2.45, 2.75) is 19.4 Å². The molecule has 1 amide bonds. The minimum atomic E-state index is -0.579. The zero-order valence-electron chi connectivity index (χ0n) is 11.6. The molecular formula is C14H15F2N3OS. The summed E-state index contributed by atoms with van der Waals surface area (Å²) in [6.45, 7) is 1.64. The third-order valence-corrected chi connectivity index (χ3v) is 4.01. The first-order valence-corrected chi connectivity index (χ1v) is 7.17. The van der Waals surface area contributed by atoms with Crippen LogP contribution in [0.4, 0.5) is 13.9 Å². The molecule has 7 heteroatoms. The van der Waals surface area contributed by atoms with Gasteiger partial charge < -0.3 is 10.6 Å². The van der Waals surface area contributed by atoms with Gasteiger partial charge in [-0.1, -0.05) is 0 Å². The lowest BCUT2D eigenvalue weighted by Gasteiger charge is -2.25. The van der Waals surface area contributed by atoms with E-state index in [0.29, 0.717) is 10.8 Å². The maximum atomic E-state index is 13.7. The molecule has 21 heavy (non-hydrogen) atoms. The lowest BCUT2D eigenvalue weighted by atomic mass is 10.1. The topological polar surface area (TPSA) is 59.2 Å². The molecule has 0 bridgehead atoms. The second-order valence-corrected chi connectivity index (χ2v) is 5.59. The van der Waals surface area contributed by atoms with Crippen LogP contribution in [0.25, 0.3) is 0 Å². The summed E-state index contributed by atoms with van der Waals surface area (Å²) >= 11 is 1.25. The van der Waals surface area contributed by atoms with E-state index in [0.717, 1.165) is 18.2 Å². The van der Waals surface area contributed by atoms with Crippen LogP contribution in [0.15, 0.2) is 23.6 Å². The molecule has 1 atom stereocenters. The van der Waals surface area contributed by atoms with Gasteiger partial charge in [-0.05, 0) is 25.1 Å². The Morgan fingerprint density at radius 2 is 2.19 bits per heavy atom. The first kappa shape index (κ1) is 15.4. The van der Waals surface area contributed by atoms with Gasteiger partial charge in [-0.25, -0.2) is 13.8 Å². The summed E-state index contributed by atoms with van der Waals surface area (Å²) in [6.07, 6.45) is 0.0749. The molecule has 112 valence electrons. The first-order valence-electron chi connectivity index (χ1n) is 6.29. The van der Waals surface area contributed by atoms with Gasteiger partial charge in [0.1, 0.15) is 11.6 Å². The summed E-state index contributed by atoms with van der Waals surface area (Å²) in [5.74, 6) is -1.32. The molecule has 0 spiro atoms. The zero-order valence-corrected chi connectivity index (χ0v) is 12.5. The number of nitrogens with two attached hydrogens (primary N) is 1. The number of aromatic nitrogens is 1. The molecule has 1 unspecified atom stereocenters. The molecule has 2 rings (SSSR count). The van der Waals surface area contributed by atoms with E-state index in [1.807, 2.05) is 0 Å². The van der Waals surface area contributed by atoms with Crippen molar-refractivity contribution in [2.24, 2.45) is 0 Å². The van der Waals surface area contributed by atoms with Crippen molar-refractivity contribution in [3.63, 3.8) is 0 Å². The van der Waals surface area contributed by atoms with Crippen LogP contribution in [-0.4, -0.2) is 22.8 Å². The lowest BCUT2D eigenvalue weighted by Crippen LogP contribution is -2.31. The monoisotopic (exact) mass is 311 g/mol. The van der Waals surface area contributed by atoms with Gasteiger partial charge in [-0.2, -0.15) is 0 Å². The lowest BCUT2D eigenvalue weighted by molar-refractivity contribution is -0.131. The van der Waals surface area contributed by atoms with Crippen LogP contribution in [0.1, 0.15) is 24.2 Å². The fraction of sp³-hybridized carbons (Fsp3) is 0.286. The van der Waals surface area contributed by atoms with E-state index in [1.54, 1.807) is 19.4 Å². The SMILES string of the molecule is CC(c1cc(F)ccc1F)N(C)C(=O)Cc1csc(N)n1. The van der Waals surface area contributed by atoms with Gasteiger partial charge in [0.15, 0.2) is 5.13 Å². The van der Waals surface area contributed by atoms with Gasteiger partial charge in [-0.3, -0.25) is 4.79 Å². The Morgan fingerprint density at radius 1 is 1.48 bits per heavy atom. The number of halogens is 2.